The molecule has 0 radical (unpaired) electrons. The van der Waals surface area contributed by atoms with Gasteiger partial charge in [0.1, 0.15) is 5.65 Å². The fourth-order valence-electron chi connectivity index (χ4n) is 3.90. The molecule has 0 aliphatic carbocycles. The first-order chi connectivity index (χ1) is 15.5. The number of carbonyl (C=O) groups excluding carboxylic acids is 1. The molecule has 0 unspecified atom stereocenters. The Hall–Kier alpha value is -2.93. The third-order valence-electron chi connectivity index (χ3n) is 5.48. The number of pyridine rings is 2. The molecule has 4 rings (SSSR count). The van der Waals surface area contributed by atoms with Gasteiger partial charge in [-0.1, -0.05) is 13.8 Å². The smallest absolute Gasteiger partial charge is 0.250 e. The standard InChI is InChI=1S/C21H24N4O2.C2H6O.C2H6/c1-14(2)25-12-16(3-4-20(25)27)17-5-8-22-21-18(17)11-19(23-21)15-6-9-24(13-26)10-7-15;1-3-2;1-2/h3-5,8,11-15H,6-7,9-10H2,1-2H3,(H,22,23);1-2H3;1-2H3. The maximum atomic E-state index is 12.1. The Morgan fingerprint density at radius 2 is 1.81 bits per heavy atom. The minimum Gasteiger partial charge on any atom is -0.388 e. The first-order valence-electron chi connectivity index (χ1n) is 11.3. The summed E-state index contributed by atoms with van der Waals surface area (Å²) >= 11 is 0. The van der Waals surface area contributed by atoms with Gasteiger partial charge in [0.05, 0.1) is 0 Å². The zero-order chi connectivity index (χ0) is 23.7. The van der Waals surface area contributed by atoms with Crippen LogP contribution < -0.4 is 5.56 Å². The first kappa shape index (κ1) is 25.3. The van der Waals surface area contributed by atoms with Crippen molar-refractivity contribution in [3.05, 3.63) is 52.7 Å². The van der Waals surface area contributed by atoms with E-state index in [-0.39, 0.29) is 11.6 Å². The van der Waals surface area contributed by atoms with E-state index < -0.39 is 0 Å². The van der Waals surface area contributed by atoms with Gasteiger partial charge in [0, 0.05) is 68.8 Å². The van der Waals surface area contributed by atoms with Gasteiger partial charge in [-0.15, -0.1) is 0 Å². The van der Waals surface area contributed by atoms with Crippen LogP contribution in [0.1, 0.15) is 58.2 Å². The Morgan fingerprint density at radius 3 is 2.41 bits per heavy atom. The quantitative estimate of drug-likeness (QED) is 0.602. The molecule has 174 valence electrons. The third-order valence-corrected chi connectivity index (χ3v) is 5.48. The molecule has 0 bridgehead atoms. The largest absolute Gasteiger partial charge is 0.388 e. The van der Waals surface area contributed by atoms with E-state index in [9.17, 15) is 9.59 Å². The average molecular weight is 441 g/mol. The van der Waals surface area contributed by atoms with Crippen LogP contribution in [0.5, 0.6) is 0 Å². The number of carbonyl (C=O) groups is 1. The molecule has 3 aromatic heterocycles. The van der Waals surface area contributed by atoms with Gasteiger partial charge in [-0.2, -0.15) is 0 Å². The molecular formula is C25H36N4O3. The van der Waals surface area contributed by atoms with Crippen molar-refractivity contribution in [1.29, 1.82) is 0 Å². The first-order valence-corrected chi connectivity index (χ1v) is 11.3. The Balaban J connectivity index is 0.000000671. The number of H-pyrrole nitrogens is 1. The summed E-state index contributed by atoms with van der Waals surface area (Å²) in [6, 6.07) is 7.80. The van der Waals surface area contributed by atoms with Crippen molar-refractivity contribution in [2.24, 2.45) is 0 Å². The van der Waals surface area contributed by atoms with E-state index in [1.54, 1.807) is 31.0 Å². The fourth-order valence-corrected chi connectivity index (χ4v) is 3.90. The van der Waals surface area contributed by atoms with Crippen LogP contribution in [-0.2, 0) is 9.53 Å². The van der Waals surface area contributed by atoms with Gasteiger partial charge in [0.2, 0.25) is 6.41 Å². The molecule has 1 N–H and O–H groups in total. The number of amides is 1. The lowest BCUT2D eigenvalue weighted by Gasteiger charge is -2.28. The molecule has 4 heterocycles. The number of piperidine rings is 1. The SMILES string of the molecule is CC.CC(C)n1cc(-c2ccnc3[nH]c(C4CCN(C=O)CC4)cc23)ccc1=O.COC. The predicted octanol–water partition coefficient (Wildman–Crippen LogP) is 4.60. The number of aromatic nitrogens is 3. The van der Waals surface area contributed by atoms with Crippen LogP contribution in [0, 0.1) is 0 Å². The number of aromatic amines is 1. The van der Waals surface area contributed by atoms with E-state index in [4.69, 9.17) is 0 Å². The number of fused-ring (bicyclic) bond motifs is 1. The van der Waals surface area contributed by atoms with Crippen molar-refractivity contribution in [1.82, 2.24) is 19.4 Å². The topological polar surface area (TPSA) is 80.2 Å². The third kappa shape index (κ3) is 5.85. The van der Waals surface area contributed by atoms with Crippen LogP contribution in [0.15, 0.2) is 41.5 Å². The summed E-state index contributed by atoms with van der Waals surface area (Å²) in [5.41, 5.74) is 4.13. The summed E-state index contributed by atoms with van der Waals surface area (Å²) in [6.45, 7) is 9.60. The van der Waals surface area contributed by atoms with E-state index >= 15 is 0 Å². The molecule has 0 saturated carbocycles. The monoisotopic (exact) mass is 440 g/mol. The predicted molar refractivity (Wildman–Crippen MR) is 130 cm³/mol. The van der Waals surface area contributed by atoms with Gasteiger partial charge in [0.25, 0.3) is 5.56 Å². The maximum Gasteiger partial charge on any atom is 0.250 e. The van der Waals surface area contributed by atoms with Crippen molar-refractivity contribution < 1.29 is 9.53 Å². The van der Waals surface area contributed by atoms with Crippen LogP contribution >= 0.6 is 0 Å². The molecule has 1 fully saturated rings. The lowest BCUT2D eigenvalue weighted by Crippen LogP contribution is -2.31. The molecule has 0 spiro atoms. The molecule has 1 saturated heterocycles. The van der Waals surface area contributed by atoms with Crippen molar-refractivity contribution in [3.8, 4) is 11.1 Å². The van der Waals surface area contributed by atoms with E-state index in [1.807, 2.05) is 50.9 Å². The molecular weight excluding hydrogens is 404 g/mol. The van der Waals surface area contributed by atoms with Gasteiger partial charge in [-0.3, -0.25) is 9.59 Å². The van der Waals surface area contributed by atoms with Gasteiger partial charge >= 0.3 is 0 Å². The van der Waals surface area contributed by atoms with Crippen LogP contribution in [0.25, 0.3) is 22.2 Å². The number of hydrogen-bond acceptors (Lipinski definition) is 4. The van der Waals surface area contributed by atoms with Crippen molar-refractivity contribution in [2.45, 2.75) is 52.5 Å². The number of likely N-dealkylation sites (tertiary alicyclic amines) is 1. The van der Waals surface area contributed by atoms with Crippen LogP contribution in [-0.4, -0.2) is 53.2 Å². The molecule has 32 heavy (non-hydrogen) atoms. The van der Waals surface area contributed by atoms with Crippen LogP contribution in [0.4, 0.5) is 0 Å². The summed E-state index contributed by atoms with van der Waals surface area (Å²) in [6.07, 6.45) is 6.58. The van der Waals surface area contributed by atoms with E-state index in [2.05, 4.69) is 20.8 Å². The highest BCUT2D eigenvalue weighted by Crippen LogP contribution is 2.33. The van der Waals surface area contributed by atoms with E-state index in [1.165, 1.54) is 5.69 Å². The normalized spacial score (nSPS) is 13.9. The van der Waals surface area contributed by atoms with Crippen LogP contribution in [0.2, 0.25) is 0 Å². The summed E-state index contributed by atoms with van der Waals surface area (Å²) < 4.78 is 6.00. The zero-order valence-electron chi connectivity index (χ0n) is 20.1. The number of nitrogens with zero attached hydrogens (tertiary/aromatic N) is 3. The second-order valence-electron chi connectivity index (χ2n) is 7.93. The summed E-state index contributed by atoms with van der Waals surface area (Å²) in [5.74, 6) is 0.410. The number of hydrogen-bond donors (Lipinski definition) is 1. The Morgan fingerprint density at radius 1 is 1.16 bits per heavy atom. The fraction of sp³-hybridized carbons (Fsp3) is 0.480. The van der Waals surface area contributed by atoms with Gasteiger partial charge < -0.3 is 19.2 Å². The molecule has 0 aromatic carbocycles. The maximum absolute atomic E-state index is 12.1. The van der Waals surface area contributed by atoms with Gasteiger partial charge in [-0.25, -0.2) is 4.98 Å². The van der Waals surface area contributed by atoms with E-state index in [0.717, 1.165) is 54.5 Å². The van der Waals surface area contributed by atoms with Gasteiger partial charge in [0.15, 0.2) is 0 Å². The number of rotatable bonds is 4. The highest BCUT2D eigenvalue weighted by molar-refractivity contribution is 5.93. The molecule has 7 nitrogen and oxygen atoms in total. The number of nitrogens with one attached hydrogen (secondary N) is 1. The Labute approximate surface area is 190 Å². The van der Waals surface area contributed by atoms with Gasteiger partial charge in [-0.05, 0) is 56.0 Å². The molecule has 0 atom stereocenters. The summed E-state index contributed by atoms with van der Waals surface area (Å²) in [5, 5.41) is 1.07. The molecule has 1 aliphatic heterocycles. The second kappa shape index (κ2) is 12.2. The highest BCUT2D eigenvalue weighted by Gasteiger charge is 2.22. The Bertz CT molecular complexity index is 1050. The van der Waals surface area contributed by atoms with Crippen molar-refractivity contribution in [3.63, 3.8) is 0 Å². The molecule has 1 aliphatic rings. The molecule has 1 amide bonds. The Kier molecular flexibility index (Phi) is 9.65. The second-order valence-corrected chi connectivity index (χ2v) is 7.93. The highest BCUT2D eigenvalue weighted by atomic mass is 16.4. The van der Waals surface area contributed by atoms with Crippen LogP contribution in [0.3, 0.4) is 0 Å². The lowest BCUT2D eigenvalue weighted by atomic mass is 9.93. The minimum absolute atomic E-state index is 0.00995. The van der Waals surface area contributed by atoms with E-state index in [0.29, 0.717) is 5.92 Å². The summed E-state index contributed by atoms with van der Waals surface area (Å²) in [7, 11) is 3.25. The number of methoxy groups -OCH3 is 1. The zero-order valence-corrected chi connectivity index (χ0v) is 20.1. The summed E-state index contributed by atoms with van der Waals surface area (Å²) in [4.78, 5) is 32.8. The molecule has 3 aromatic rings. The number of ether oxygens (including phenoxy) is 1. The van der Waals surface area contributed by atoms with Crippen molar-refractivity contribution >= 4 is 17.4 Å². The van der Waals surface area contributed by atoms with Crippen molar-refractivity contribution in [2.75, 3.05) is 27.3 Å². The molecule has 7 heteroatoms. The lowest BCUT2D eigenvalue weighted by molar-refractivity contribution is -0.119. The minimum atomic E-state index is 0.00995. The average Bonchev–Trinajstić information content (AvgIpc) is 3.26.